The van der Waals surface area contributed by atoms with E-state index in [4.69, 9.17) is 16.3 Å². The van der Waals surface area contributed by atoms with Gasteiger partial charge in [-0.2, -0.15) is 5.10 Å². The van der Waals surface area contributed by atoms with E-state index in [2.05, 4.69) is 10.2 Å². The summed E-state index contributed by atoms with van der Waals surface area (Å²) >= 11 is 5.90. The van der Waals surface area contributed by atoms with Gasteiger partial charge in [-0.05, 0) is 37.5 Å². The van der Waals surface area contributed by atoms with Gasteiger partial charge < -0.3 is 4.74 Å². The number of aromatic nitrogens is 2. The molecule has 0 amide bonds. The summed E-state index contributed by atoms with van der Waals surface area (Å²) < 4.78 is 18.2. The summed E-state index contributed by atoms with van der Waals surface area (Å²) in [4.78, 5) is 12.0. The largest absolute Gasteiger partial charge is 0.461 e. The quantitative estimate of drug-likeness (QED) is 0.844. The smallest absolute Gasteiger partial charge is 0.306 e. The van der Waals surface area contributed by atoms with Crippen LogP contribution < -0.4 is 0 Å². The molecule has 0 aliphatic heterocycles. The molecule has 2 aromatic rings. The number of hydrogen-bond acceptors (Lipinski definition) is 3. The van der Waals surface area contributed by atoms with Gasteiger partial charge in [-0.25, -0.2) is 4.39 Å². The van der Waals surface area contributed by atoms with E-state index in [0.29, 0.717) is 5.56 Å². The molecule has 4 nitrogen and oxygen atoms in total. The van der Waals surface area contributed by atoms with E-state index in [1.54, 1.807) is 0 Å². The van der Waals surface area contributed by atoms with Gasteiger partial charge >= 0.3 is 5.97 Å². The van der Waals surface area contributed by atoms with Crippen LogP contribution in [0, 0.1) is 19.7 Å². The number of esters is 1. The van der Waals surface area contributed by atoms with Crippen molar-refractivity contribution in [1.29, 1.82) is 0 Å². The molecule has 118 valence electrons. The lowest BCUT2D eigenvalue weighted by atomic mass is 9.96. The van der Waals surface area contributed by atoms with Gasteiger partial charge in [0.15, 0.2) is 0 Å². The van der Waals surface area contributed by atoms with E-state index in [1.807, 2.05) is 20.8 Å². The third-order valence-electron chi connectivity index (χ3n) is 3.55. The molecule has 0 aliphatic rings. The van der Waals surface area contributed by atoms with Crippen molar-refractivity contribution in [3.8, 4) is 0 Å². The monoisotopic (exact) mass is 324 g/mol. The molecule has 1 aromatic heterocycles. The van der Waals surface area contributed by atoms with Crippen molar-refractivity contribution in [3.05, 3.63) is 51.6 Å². The highest BCUT2D eigenvalue weighted by molar-refractivity contribution is 6.31. The fraction of sp³-hybridized carbons (Fsp3) is 0.375. The number of halogens is 2. The molecule has 0 spiro atoms. The number of ether oxygens (including phenoxy) is 1. The van der Waals surface area contributed by atoms with E-state index in [-0.39, 0.29) is 29.9 Å². The fourth-order valence-electron chi connectivity index (χ4n) is 2.49. The second-order valence-electron chi connectivity index (χ2n) is 5.35. The van der Waals surface area contributed by atoms with E-state index < -0.39 is 5.82 Å². The highest BCUT2D eigenvalue weighted by Gasteiger charge is 2.18. The van der Waals surface area contributed by atoms with Crippen LogP contribution in [0.3, 0.4) is 0 Å². The minimum absolute atomic E-state index is 0.00920. The van der Waals surface area contributed by atoms with Crippen LogP contribution in [-0.4, -0.2) is 16.2 Å². The molecule has 22 heavy (non-hydrogen) atoms. The number of benzene rings is 1. The second kappa shape index (κ2) is 6.92. The van der Waals surface area contributed by atoms with Crippen molar-refractivity contribution in [2.75, 3.05) is 0 Å². The summed E-state index contributed by atoms with van der Waals surface area (Å²) in [5.74, 6) is -0.734. The van der Waals surface area contributed by atoms with Crippen LogP contribution in [0.15, 0.2) is 18.2 Å². The number of aromatic amines is 1. The SMILES string of the molecule is Cc1n[nH]c(C)c1[C@@H](C)CC(=O)OCc1ccc(F)cc1Cl. The topological polar surface area (TPSA) is 55.0 Å². The number of nitrogens with one attached hydrogen (secondary N) is 1. The van der Waals surface area contributed by atoms with Gasteiger partial charge in [0.1, 0.15) is 12.4 Å². The molecule has 0 radical (unpaired) electrons. The number of rotatable bonds is 5. The maximum Gasteiger partial charge on any atom is 0.306 e. The van der Waals surface area contributed by atoms with E-state index >= 15 is 0 Å². The first-order chi connectivity index (χ1) is 10.4. The molecule has 2 rings (SSSR count). The van der Waals surface area contributed by atoms with Crippen LogP contribution in [-0.2, 0) is 16.1 Å². The minimum atomic E-state index is -0.417. The number of hydrogen-bond donors (Lipinski definition) is 1. The molecule has 0 saturated carbocycles. The van der Waals surface area contributed by atoms with Crippen LogP contribution in [0.5, 0.6) is 0 Å². The first-order valence-corrected chi connectivity index (χ1v) is 7.37. The van der Waals surface area contributed by atoms with Gasteiger partial charge in [-0.3, -0.25) is 9.89 Å². The number of H-pyrrole nitrogens is 1. The first-order valence-electron chi connectivity index (χ1n) is 6.99. The van der Waals surface area contributed by atoms with E-state index in [9.17, 15) is 9.18 Å². The molecule has 1 heterocycles. The van der Waals surface area contributed by atoms with Crippen LogP contribution >= 0.6 is 11.6 Å². The maximum absolute atomic E-state index is 13.0. The molecule has 0 unspecified atom stereocenters. The Balaban J connectivity index is 1.93. The van der Waals surface area contributed by atoms with Crippen LogP contribution in [0.25, 0.3) is 0 Å². The molecule has 1 N–H and O–H groups in total. The lowest BCUT2D eigenvalue weighted by Gasteiger charge is -2.12. The zero-order valence-corrected chi connectivity index (χ0v) is 13.5. The summed E-state index contributed by atoms with van der Waals surface area (Å²) in [6.45, 7) is 5.82. The third-order valence-corrected chi connectivity index (χ3v) is 3.91. The Morgan fingerprint density at radius 3 is 2.77 bits per heavy atom. The van der Waals surface area contributed by atoms with Crippen molar-refractivity contribution < 1.29 is 13.9 Å². The zero-order valence-electron chi connectivity index (χ0n) is 12.7. The average molecular weight is 325 g/mol. The Hall–Kier alpha value is -1.88. The van der Waals surface area contributed by atoms with Crippen molar-refractivity contribution >= 4 is 17.6 Å². The summed E-state index contributed by atoms with van der Waals surface area (Å²) in [6, 6.07) is 4.00. The van der Waals surface area contributed by atoms with Crippen LogP contribution in [0.4, 0.5) is 4.39 Å². The zero-order chi connectivity index (χ0) is 16.3. The molecule has 1 atom stereocenters. The average Bonchev–Trinajstić information content (AvgIpc) is 2.77. The van der Waals surface area contributed by atoms with Crippen LogP contribution in [0.1, 0.15) is 41.8 Å². The molecule has 0 fully saturated rings. The van der Waals surface area contributed by atoms with Gasteiger partial charge in [-0.15, -0.1) is 0 Å². The normalized spacial score (nSPS) is 12.2. The highest BCUT2D eigenvalue weighted by atomic mass is 35.5. The van der Waals surface area contributed by atoms with Gasteiger partial charge in [0.2, 0.25) is 0 Å². The summed E-state index contributed by atoms with van der Waals surface area (Å²) in [6.07, 6.45) is 0.250. The van der Waals surface area contributed by atoms with Gasteiger partial charge in [0, 0.05) is 11.3 Å². The predicted molar refractivity (Wildman–Crippen MR) is 82.3 cm³/mol. The van der Waals surface area contributed by atoms with Crippen molar-refractivity contribution in [2.24, 2.45) is 0 Å². The summed E-state index contributed by atoms with van der Waals surface area (Å²) in [5, 5.41) is 7.29. The number of aryl methyl sites for hydroxylation is 2. The van der Waals surface area contributed by atoms with Crippen LogP contribution in [0.2, 0.25) is 5.02 Å². The predicted octanol–water partition coefficient (Wildman–Crippen LogP) is 4.06. The van der Waals surface area contributed by atoms with Gasteiger partial charge in [-0.1, -0.05) is 24.6 Å². The first kappa shape index (κ1) is 16.5. The van der Waals surface area contributed by atoms with E-state index in [1.165, 1.54) is 18.2 Å². The van der Waals surface area contributed by atoms with Gasteiger partial charge in [0.05, 0.1) is 17.1 Å². The molecule has 6 heteroatoms. The number of nitrogens with zero attached hydrogens (tertiary/aromatic N) is 1. The third kappa shape index (κ3) is 3.85. The molecular weight excluding hydrogens is 307 g/mol. The maximum atomic E-state index is 13.0. The number of carbonyl (C=O) groups is 1. The van der Waals surface area contributed by atoms with Crippen molar-refractivity contribution in [3.63, 3.8) is 0 Å². The van der Waals surface area contributed by atoms with Crippen molar-refractivity contribution in [1.82, 2.24) is 10.2 Å². The fourth-order valence-corrected chi connectivity index (χ4v) is 2.72. The highest BCUT2D eigenvalue weighted by Crippen LogP contribution is 2.25. The summed E-state index contributed by atoms with van der Waals surface area (Å²) in [5.41, 5.74) is 3.47. The molecule has 0 bridgehead atoms. The Labute approximate surface area is 133 Å². The second-order valence-corrected chi connectivity index (χ2v) is 5.76. The minimum Gasteiger partial charge on any atom is -0.461 e. The summed E-state index contributed by atoms with van der Waals surface area (Å²) in [7, 11) is 0. The number of carbonyl (C=O) groups excluding carboxylic acids is 1. The molecule has 1 aromatic carbocycles. The Morgan fingerprint density at radius 2 is 2.18 bits per heavy atom. The Kier molecular flexibility index (Phi) is 5.19. The van der Waals surface area contributed by atoms with Crippen molar-refractivity contribution in [2.45, 2.75) is 39.7 Å². The Morgan fingerprint density at radius 1 is 1.45 bits per heavy atom. The molecule has 0 saturated heterocycles. The van der Waals surface area contributed by atoms with E-state index in [0.717, 1.165) is 17.0 Å². The lowest BCUT2D eigenvalue weighted by Crippen LogP contribution is -2.10. The standard InChI is InChI=1S/C16H18ClFN2O2/c1-9(16-10(2)19-20-11(16)3)6-15(21)22-8-12-4-5-13(18)7-14(12)17/h4-5,7,9H,6,8H2,1-3H3,(H,19,20)/t9-/m0/s1. The van der Waals surface area contributed by atoms with Gasteiger partial charge in [0.25, 0.3) is 0 Å². The lowest BCUT2D eigenvalue weighted by molar-refractivity contribution is -0.145. The molecule has 0 aliphatic carbocycles. The Bertz CT molecular complexity index is 665. The molecular formula is C16H18ClFN2O2.